The average molecular weight is 245 g/mol. The summed E-state index contributed by atoms with van der Waals surface area (Å²) in [5.41, 5.74) is 4.16. The van der Waals surface area contributed by atoms with Crippen molar-refractivity contribution in [1.82, 2.24) is 4.90 Å². The van der Waals surface area contributed by atoms with E-state index in [0.717, 1.165) is 19.6 Å². The fourth-order valence-corrected chi connectivity index (χ4v) is 2.97. The van der Waals surface area contributed by atoms with Crippen molar-refractivity contribution in [3.63, 3.8) is 0 Å². The molecule has 98 valence electrons. The molecule has 1 aromatic carbocycles. The average Bonchev–Trinajstić information content (AvgIpc) is 2.59. The highest BCUT2D eigenvalue weighted by molar-refractivity contribution is 5.63. The molecule has 3 nitrogen and oxygen atoms in total. The molecule has 0 aliphatic carbocycles. The van der Waals surface area contributed by atoms with Gasteiger partial charge in [0, 0.05) is 44.1 Å². The fourth-order valence-electron chi connectivity index (χ4n) is 2.97. The van der Waals surface area contributed by atoms with E-state index in [0.29, 0.717) is 0 Å². The van der Waals surface area contributed by atoms with E-state index in [2.05, 4.69) is 40.4 Å². The third-order valence-corrected chi connectivity index (χ3v) is 4.06. The molecular weight excluding hydrogens is 222 g/mol. The Labute approximate surface area is 110 Å². The molecule has 0 saturated carbocycles. The normalized spacial score (nSPS) is 21.1. The Kier molecular flexibility index (Phi) is 3.41. The lowest BCUT2D eigenvalue weighted by Crippen LogP contribution is -2.29. The molecule has 0 bridgehead atoms. The second-order valence-corrected chi connectivity index (χ2v) is 5.55. The van der Waals surface area contributed by atoms with Gasteiger partial charge in [0.25, 0.3) is 0 Å². The molecule has 3 heteroatoms. The van der Waals surface area contributed by atoms with Gasteiger partial charge in [-0.05, 0) is 44.0 Å². The van der Waals surface area contributed by atoms with Crippen LogP contribution < -0.4 is 10.2 Å². The van der Waals surface area contributed by atoms with Crippen LogP contribution in [0.5, 0.6) is 0 Å². The van der Waals surface area contributed by atoms with Crippen LogP contribution in [0.1, 0.15) is 24.8 Å². The molecule has 0 aromatic heterocycles. The number of piperidine rings is 1. The summed E-state index contributed by atoms with van der Waals surface area (Å²) in [6.45, 7) is 5.67. The molecule has 3 rings (SSSR count). The number of nitrogens with one attached hydrogen (secondary N) is 1. The summed E-state index contributed by atoms with van der Waals surface area (Å²) in [6.07, 6.45) is 4.07. The number of anilines is 2. The number of rotatable bonds is 1. The van der Waals surface area contributed by atoms with Gasteiger partial charge in [-0.15, -0.1) is 0 Å². The van der Waals surface area contributed by atoms with Crippen molar-refractivity contribution in [3.05, 3.63) is 23.8 Å². The first-order valence-corrected chi connectivity index (χ1v) is 7.13. The molecule has 0 amide bonds. The van der Waals surface area contributed by atoms with Crippen LogP contribution in [-0.4, -0.2) is 38.1 Å². The molecule has 0 spiro atoms. The highest BCUT2D eigenvalue weighted by Crippen LogP contribution is 2.27. The van der Waals surface area contributed by atoms with E-state index in [9.17, 15) is 0 Å². The van der Waals surface area contributed by atoms with E-state index in [1.165, 1.54) is 49.3 Å². The van der Waals surface area contributed by atoms with Gasteiger partial charge < -0.3 is 15.1 Å². The number of benzene rings is 1. The lowest BCUT2D eigenvalue weighted by Gasteiger charge is -2.29. The maximum Gasteiger partial charge on any atom is 0.0407 e. The molecule has 0 radical (unpaired) electrons. The van der Waals surface area contributed by atoms with Crippen molar-refractivity contribution in [1.29, 1.82) is 0 Å². The van der Waals surface area contributed by atoms with E-state index in [1.54, 1.807) is 0 Å². The highest BCUT2D eigenvalue weighted by atomic mass is 15.1. The topological polar surface area (TPSA) is 18.5 Å². The molecule has 18 heavy (non-hydrogen) atoms. The van der Waals surface area contributed by atoms with Gasteiger partial charge in [-0.3, -0.25) is 0 Å². The van der Waals surface area contributed by atoms with E-state index in [1.807, 2.05) is 0 Å². The van der Waals surface area contributed by atoms with Gasteiger partial charge in [0.2, 0.25) is 0 Å². The Morgan fingerprint density at radius 3 is 2.72 bits per heavy atom. The van der Waals surface area contributed by atoms with Crippen LogP contribution in [0.3, 0.4) is 0 Å². The van der Waals surface area contributed by atoms with Gasteiger partial charge in [0.15, 0.2) is 0 Å². The molecule has 2 heterocycles. The van der Waals surface area contributed by atoms with Crippen LogP contribution in [0.15, 0.2) is 18.2 Å². The molecule has 0 unspecified atom stereocenters. The number of fused-ring (bicyclic) bond motifs is 1. The SMILES string of the molecule is CN1CCNc2cc(N3CCCCC3)ccc2C1. The number of likely N-dealkylation sites (N-methyl/N-ethyl adjacent to an activating group) is 1. The lowest BCUT2D eigenvalue weighted by molar-refractivity contribution is 0.346. The molecule has 1 fully saturated rings. The van der Waals surface area contributed by atoms with Crippen molar-refractivity contribution in [3.8, 4) is 0 Å². The zero-order valence-corrected chi connectivity index (χ0v) is 11.3. The first-order valence-electron chi connectivity index (χ1n) is 7.13. The molecule has 1 aromatic rings. The van der Waals surface area contributed by atoms with Crippen molar-refractivity contribution < 1.29 is 0 Å². The lowest BCUT2D eigenvalue weighted by atomic mass is 10.1. The van der Waals surface area contributed by atoms with E-state index in [-0.39, 0.29) is 0 Å². The van der Waals surface area contributed by atoms with Crippen molar-refractivity contribution in [2.24, 2.45) is 0 Å². The van der Waals surface area contributed by atoms with Crippen LogP contribution in [0, 0.1) is 0 Å². The minimum atomic E-state index is 1.05. The van der Waals surface area contributed by atoms with E-state index in [4.69, 9.17) is 0 Å². The molecule has 2 aliphatic heterocycles. The van der Waals surface area contributed by atoms with Crippen molar-refractivity contribution >= 4 is 11.4 Å². The van der Waals surface area contributed by atoms with Gasteiger partial charge in [-0.2, -0.15) is 0 Å². The Morgan fingerprint density at radius 1 is 1.06 bits per heavy atom. The monoisotopic (exact) mass is 245 g/mol. The zero-order chi connectivity index (χ0) is 12.4. The Bertz CT molecular complexity index is 410. The largest absolute Gasteiger partial charge is 0.383 e. The van der Waals surface area contributed by atoms with Gasteiger partial charge in [-0.25, -0.2) is 0 Å². The maximum absolute atomic E-state index is 3.57. The van der Waals surface area contributed by atoms with Gasteiger partial charge in [0.1, 0.15) is 0 Å². The summed E-state index contributed by atoms with van der Waals surface area (Å²) in [7, 11) is 2.19. The second-order valence-electron chi connectivity index (χ2n) is 5.55. The van der Waals surface area contributed by atoms with Crippen molar-refractivity contribution in [2.75, 3.05) is 43.4 Å². The Balaban J connectivity index is 1.83. The second kappa shape index (κ2) is 5.19. The maximum atomic E-state index is 3.57. The van der Waals surface area contributed by atoms with Crippen LogP contribution in [0.2, 0.25) is 0 Å². The summed E-state index contributed by atoms with van der Waals surface area (Å²) in [6, 6.07) is 6.94. The van der Waals surface area contributed by atoms with Crippen LogP contribution in [0.4, 0.5) is 11.4 Å². The standard InChI is InChI=1S/C15H23N3/c1-17-10-7-16-15-11-14(6-5-13(15)12-17)18-8-3-2-4-9-18/h5-6,11,16H,2-4,7-10,12H2,1H3. The van der Waals surface area contributed by atoms with Gasteiger partial charge in [0.05, 0.1) is 0 Å². The van der Waals surface area contributed by atoms with Crippen molar-refractivity contribution in [2.45, 2.75) is 25.8 Å². The smallest absolute Gasteiger partial charge is 0.0407 e. The Morgan fingerprint density at radius 2 is 1.89 bits per heavy atom. The summed E-state index contributed by atoms with van der Waals surface area (Å²) >= 11 is 0. The van der Waals surface area contributed by atoms with Crippen LogP contribution >= 0.6 is 0 Å². The summed E-state index contributed by atoms with van der Waals surface area (Å²) in [4.78, 5) is 4.90. The molecule has 0 atom stereocenters. The molecular formula is C15H23N3. The summed E-state index contributed by atoms with van der Waals surface area (Å²) in [5.74, 6) is 0. The number of hydrogen-bond donors (Lipinski definition) is 1. The summed E-state index contributed by atoms with van der Waals surface area (Å²) in [5, 5.41) is 3.57. The fraction of sp³-hybridized carbons (Fsp3) is 0.600. The van der Waals surface area contributed by atoms with E-state index < -0.39 is 0 Å². The highest BCUT2D eigenvalue weighted by Gasteiger charge is 2.15. The zero-order valence-electron chi connectivity index (χ0n) is 11.3. The number of nitrogens with zero attached hydrogens (tertiary/aromatic N) is 2. The van der Waals surface area contributed by atoms with Crippen LogP contribution in [0.25, 0.3) is 0 Å². The quantitative estimate of drug-likeness (QED) is 0.820. The molecule has 1 saturated heterocycles. The van der Waals surface area contributed by atoms with Gasteiger partial charge in [-0.1, -0.05) is 6.07 Å². The Hall–Kier alpha value is -1.22. The minimum absolute atomic E-state index is 1.05. The predicted octanol–water partition coefficient (Wildman–Crippen LogP) is 2.53. The third-order valence-electron chi connectivity index (χ3n) is 4.06. The molecule has 2 aliphatic rings. The summed E-state index contributed by atoms with van der Waals surface area (Å²) < 4.78 is 0. The first-order chi connectivity index (χ1) is 8.83. The minimum Gasteiger partial charge on any atom is -0.383 e. The van der Waals surface area contributed by atoms with Crippen LogP contribution in [-0.2, 0) is 6.54 Å². The number of hydrogen-bond acceptors (Lipinski definition) is 3. The van der Waals surface area contributed by atoms with Gasteiger partial charge >= 0.3 is 0 Å². The predicted molar refractivity (Wildman–Crippen MR) is 77.3 cm³/mol. The molecule has 1 N–H and O–H groups in total. The first kappa shape index (κ1) is 11.8. The third kappa shape index (κ3) is 2.46. The van der Waals surface area contributed by atoms with E-state index >= 15 is 0 Å².